The van der Waals surface area contributed by atoms with E-state index in [1.165, 1.54) is 27.8 Å². The second-order valence-electron chi connectivity index (χ2n) is 11.2. The first-order valence-electron chi connectivity index (χ1n) is 13.0. The number of nitrogens with two attached hydrogens (primary N) is 2. The van der Waals surface area contributed by atoms with Gasteiger partial charge in [0.25, 0.3) is 5.91 Å². The number of benzene rings is 3. The van der Waals surface area contributed by atoms with Crippen LogP contribution in [-0.4, -0.2) is 11.9 Å². The summed E-state index contributed by atoms with van der Waals surface area (Å²) in [4.78, 5) is 12.4. The normalized spacial score (nSPS) is 12.8. The average Bonchev–Trinajstić information content (AvgIpc) is 2.86. The van der Waals surface area contributed by atoms with Crippen LogP contribution in [0.2, 0.25) is 0 Å². The lowest BCUT2D eigenvalue weighted by molar-refractivity contribution is 0.0975. The Balaban J connectivity index is 1.84. The summed E-state index contributed by atoms with van der Waals surface area (Å²) in [6.45, 7) is 15.3. The summed E-state index contributed by atoms with van der Waals surface area (Å²) >= 11 is 0. The summed E-state index contributed by atoms with van der Waals surface area (Å²) in [5.74, 6) is 11.4. The molecule has 3 aromatic carbocycles. The second kappa shape index (κ2) is 12.1. The number of carbonyl (C=O) groups is 1. The maximum Gasteiger partial charge on any atom is 0.258 e. The Kier molecular flexibility index (Phi) is 9.17. The molecule has 0 bridgehead atoms. The predicted molar refractivity (Wildman–Crippen MR) is 156 cm³/mol. The Labute approximate surface area is 226 Å². The first kappa shape index (κ1) is 28.7. The zero-order valence-electron chi connectivity index (χ0n) is 23.6. The van der Waals surface area contributed by atoms with E-state index in [0.717, 1.165) is 17.7 Å². The fourth-order valence-electron chi connectivity index (χ4n) is 4.56. The van der Waals surface area contributed by atoms with Crippen molar-refractivity contribution in [3.05, 3.63) is 88.5 Å². The number of nitrogens with one attached hydrogen (secondary N) is 2. The minimum atomic E-state index is -0.364. The molecule has 0 aromatic heterocycles. The first-order chi connectivity index (χ1) is 17.9. The third-order valence-corrected chi connectivity index (χ3v) is 6.55. The van der Waals surface area contributed by atoms with E-state index in [1.54, 1.807) is 12.1 Å². The van der Waals surface area contributed by atoms with Crippen LogP contribution in [0.4, 0.5) is 0 Å². The van der Waals surface area contributed by atoms with E-state index in [0.29, 0.717) is 11.5 Å². The molecule has 0 aliphatic heterocycles. The van der Waals surface area contributed by atoms with Gasteiger partial charge in [-0.2, -0.15) is 0 Å². The summed E-state index contributed by atoms with van der Waals surface area (Å²) in [5.41, 5.74) is 9.92. The fraction of sp³-hybridized carbons (Fsp3) is 0.355. The van der Waals surface area contributed by atoms with Gasteiger partial charge < -0.3 is 10.6 Å². The Hall–Kier alpha value is -3.84. The monoisotopic (exact) mass is 515 g/mol. The van der Waals surface area contributed by atoms with Gasteiger partial charge in [0, 0.05) is 5.56 Å². The molecule has 0 saturated heterocycles. The minimum absolute atomic E-state index is 0.0144. The molecule has 7 heteroatoms. The Morgan fingerprint density at radius 1 is 0.974 bits per heavy atom. The standard InChI is InChI=1S/C31H41N5O2/c1-19(2)16-27(22-8-10-24(11-9-22)29(37)34-30(35-32)36-33)38-26-17-20(3)28(21(4)18-26)23-12-14-25(15-13-23)31(5,6)7/h8-15,17-19,27H,16,32-33H2,1-7H3,(H2,34,35,36,37). The van der Waals surface area contributed by atoms with Crippen LogP contribution in [0.15, 0.2) is 65.8 Å². The highest BCUT2D eigenvalue weighted by Crippen LogP contribution is 2.35. The van der Waals surface area contributed by atoms with Crippen molar-refractivity contribution in [1.29, 1.82) is 0 Å². The van der Waals surface area contributed by atoms with Crippen molar-refractivity contribution in [2.75, 3.05) is 0 Å². The number of hydrogen-bond acceptors (Lipinski definition) is 5. The van der Waals surface area contributed by atoms with Gasteiger partial charge >= 0.3 is 0 Å². The summed E-state index contributed by atoms with van der Waals surface area (Å²) in [6.07, 6.45) is 0.676. The number of nitrogens with zero attached hydrogens (tertiary/aromatic N) is 1. The smallest absolute Gasteiger partial charge is 0.258 e. The molecule has 0 radical (unpaired) electrons. The highest BCUT2D eigenvalue weighted by atomic mass is 16.5. The van der Waals surface area contributed by atoms with Gasteiger partial charge in [-0.05, 0) is 89.2 Å². The summed E-state index contributed by atoms with van der Waals surface area (Å²) < 4.78 is 6.56. The van der Waals surface area contributed by atoms with Crippen molar-refractivity contribution in [1.82, 2.24) is 10.7 Å². The molecular formula is C31H41N5O2. The van der Waals surface area contributed by atoms with Crippen molar-refractivity contribution < 1.29 is 9.53 Å². The molecule has 1 amide bonds. The van der Waals surface area contributed by atoms with E-state index in [4.69, 9.17) is 16.4 Å². The van der Waals surface area contributed by atoms with Crippen molar-refractivity contribution in [3.63, 3.8) is 0 Å². The number of hydrogen-bond donors (Lipinski definition) is 4. The number of hydrazone groups is 1. The summed E-state index contributed by atoms with van der Waals surface area (Å²) in [6, 6.07) is 20.4. The van der Waals surface area contributed by atoms with Gasteiger partial charge in [-0.15, -0.1) is 5.10 Å². The Bertz CT molecular complexity index is 1250. The van der Waals surface area contributed by atoms with E-state index in [9.17, 15) is 4.79 Å². The highest BCUT2D eigenvalue weighted by molar-refractivity contribution is 6.05. The summed E-state index contributed by atoms with van der Waals surface area (Å²) in [5, 5.41) is 5.89. The maximum absolute atomic E-state index is 12.4. The van der Waals surface area contributed by atoms with Crippen LogP contribution >= 0.6 is 0 Å². The molecule has 1 atom stereocenters. The van der Waals surface area contributed by atoms with Gasteiger partial charge in [-0.25, -0.2) is 5.84 Å². The van der Waals surface area contributed by atoms with Gasteiger partial charge in [0.2, 0.25) is 5.96 Å². The molecule has 0 fully saturated rings. The lowest BCUT2D eigenvalue weighted by Gasteiger charge is -2.23. The number of aryl methyl sites for hydroxylation is 2. The van der Waals surface area contributed by atoms with E-state index in [2.05, 4.69) is 101 Å². The molecule has 3 aromatic rings. The van der Waals surface area contributed by atoms with Gasteiger partial charge in [0.05, 0.1) is 0 Å². The molecular weight excluding hydrogens is 474 g/mol. The number of hydrazine groups is 1. The zero-order valence-corrected chi connectivity index (χ0v) is 23.6. The van der Waals surface area contributed by atoms with Gasteiger partial charge in [0.1, 0.15) is 11.9 Å². The van der Waals surface area contributed by atoms with E-state index in [-0.39, 0.29) is 23.4 Å². The highest BCUT2D eigenvalue weighted by Gasteiger charge is 2.19. The first-order valence-corrected chi connectivity index (χ1v) is 13.0. The molecule has 3 rings (SSSR count). The molecule has 1 unspecified atom stereocenters. The largest absolute Gasteiger partial charge is 0.486 e. The van der Waals surface area contributed by atoms with Crippen LogP contribution < -0.4 is 27.2 Å². The third-order valence-electron chi connectivity index (χ3n) is 6.55. The quantitative estimate of drug-likeness (QED) is 0.136. The fourth-order valence-corrected chi connectivity index (χ4v) is 4.56. The van der Waals surface area contributed by atoms with Crippen LogP contribution in [0, 0.1) is 19.8 Å². The molecule has 0 aliphatic carbocycles. The molecule has 0 spiro atoms. The minimum Gasteiger partial charge on any atom is -0.486 e. The molecule has 38 heavy (non-hydrogen) atoms. The van der Waals surface area contributed by atoms with E-state index < -0.39 is 0 Å². The Morgan fingerprint density at radius 2 is 1.55 bits per heavy atom. The SMILES string of the molecule is Cc1cc(OC(CC(C)C)c2ccc(C(=O)N/C(=N/N)NN)cc2)cc(C)c1-c1ccc(C(C)(C)C)cc1. The van der Waals surface area contributed by atoms with Crippen LogP contribution in [-0.2, 0) is 5.41 Å². The topological polar surface area (TPSA) is 115 Å². The molecule has 6 N–H and O–H groups in total. The molecule has 202 valence electrons. The molecule has 7 nitrogen and oxygen atoms in total. The number of guanidine groups is 1. The zero-order chi connectivity index (χ0) is 28.0. The van der Waals surface area contributed by atoms with Crippen molar-refractivity contribution >= 4 is 11.9 Å². The van der Waals surface area contributed by atoms with Crippen LogP contribution in [0.3, 0.4) is 0 Å². The van der Waals surface area contributed by atoms with E-state index in [1.807, 2.05) is 12.1 Å². The van der Waals surface area contributed by atoms with Crippen LogP contribution in [0.25, 0.3) is 11.1 Å². The lowest BCUT2D eigenvalue weighted by atomic mass is 9.85. The molecule has 0 aliphatic rings. The second-order valence-corrected chi connectivity index (χ2v) is 11.2. The maximum atomic E-state index is 12.4. The number of amides is 1. The summed E-state index contributed by atoms with van der Waals surface area (Å²) in [7, 11) is 0. The van der Waals surface area contributed by atoms with E-state index >= 15 is 0 Å². The average molecular weight is 516 g/mol. The Morgan fingerprint density at radius 3 is 2.03 bits per heavy atom. The third kappa shape index (κ3) is 7.13. The van der Waals surface area contributed by atoms with Crippen molar-refractivity contribution in [2.45, 2.75) is 66.4 Å². The predicted octanol–water partition coefficient (Wildman–Crippen LogP) is 5.86. The lowest BCUT2D eigenvalue weighted by Crippen LogP contribution is -2.45. The molecule has 0 heterocycles. The van der Waals surface area contributed by atoms with Crippen molar-refractivity contribution in [2.24, 2.45) is 22.7 Å². The molecule has 0 saturated carbocycles. The van der Waals surface area contributed by atoms with Crippen LogP contribution in [0.1, 0.15) is 79.8 Å². The number of carbonyl (C=O) groups excluding carboxylic acids is 1. The van der Waals surface area contributed by atoms with Crippen LogP contribution in [0.5, 0.6) is 5.75 Å². The number of ether oxygens (including phenoxy) is 1. The number of rotatable bonds is 7. The van der Waals surface area contributed by atoms with Gasteiger partial charge in [-0.1, -0.05) is 71.0 Å². The van der Waals surface area contributed by atoms with Gasteiger partial charge in [-0.3, -0.25) is 15.5 Å². The van der Waals surface area contributed by atoms with Gasteiger partial charge in [0.15, 0.2) is 0 Å². The van der Waals surface area contributed by atoms with Crippen molar-refractivity contribution in [3.8, 4) is 16.9 Å².